The summed E-state index contributed by atoms with van der Waals surface area (Å²) in [6, 6.07) is 6.70. The number of ether oxygens (including phenoxy) is 1. The number of carbonyl (C=O) groups excluding carboxylic acids is 1. The van der Waals surface area contributed by atoms with E-state index in [1.165, 1.54) is 0 Å². The zero-order valence-electron chi connectivity index (χ0n) is 9.85. The molecular weight excluding hydrogens is 220 g/mol. The number of rotatable bonds is 7. The fourth-order valence-corrected chi connectivity index (χ4v) is 1.35. The molecule has 94 valence electrons. The second kappa shape index (κ2) is 6.88. The molecule has 0 heterocycles. The number of aliphatic hydroxyl groups is 1. The number of nitrogens with two attached hydrogens (primary N) is 1. The van der Waals surface area contributed by atoms with Crippen LogP contribution in [-0.2, 0) is 0 Å². The summed E-state index contributed by atoms with van der Waals surface area (Å²) in [6.45, 7) is 3.32. The molecule has 5 heteroatoms. The molecule has 1 rings (SSSR count). The van der Waals surface area contributed by atoms with E-state index in [4.69, 9.17) is 10.5 Å². The first-order chi connectivity index (χ1) is 8.15. The average molecular weight is 238 g/mol. The molecule has 1 atom stereocenters. The molecule has 0 aliphatic carbocycles. The fraction of sp³-hybridized carbons (Fsp3) is 0.417. The van der Waals surface area contributed by atoms with Gasteiger partial charge in [0.25, 0.3) is 5.91 Å². The van der Waals surface area contributed by atoms with Crippen molar-refractivity contribution in [1.82, 2.24) is 5.32 Å². The molecule has 1 aromatic carbocycles. The first-order valence-electron chi connectivity index (χ1n) is 5.55. The molecule has 0 saturated heterocycles. The monoisotopic (exact) mass is 238 g/mol. The Kier molecular flexibility index (Phi) is 5.45. The maximum Gasteiger partial charge on any atom is 0.252 e. The van der Waals surface area contributed by atoms with Gasteiger partial charge in [-0.05, 0) is 18.7 Å². The number of amides is 1. The van der Waals surface area contributed by atoms with Gasteiger partial charge in [0.2, 0.25) is 0 Å². The average Bonchev–Trinajstić information content (AvgIpc) is 2.34. The van der Waals surface area contributed by atoms with Gasteiger partial charge in [0.05, 0.1) is 5.56 Å². The molecule has 1 unspecified atom stereocenters. The van der Waals surface area contributed by atoms with Crippen LogP contribution in [0.5, 0.6) is 5.75 Å². The van der Waals surface area contributed by atoms with Gasteiger partial charge < -0.3 is 20.9 Å². The lowest BCUT2D eigenvalue weighted by molar-refractivity contribution is 0.0965. The normalized spacial score (nSPS) is 12.1. The van der Waals surface area contributed by atoms with Crippen molar-refractivity contribution < 1.29 is 14.6 Å². The van der Waals surface area contributed by atoms with Gasteiger partial charge in [-0.3, -0.25) is 4.79 Å². The molecule has 1 aromatic rings. The third-order valence-corrected chi connectivity index (χ3v) is 2.21. The minimum Gasteiger partial charge on any atom is -0.490 e. The minimum absolute atomic E-state index is 0.122. The third-order valence-electron chi connectivity index (χ3n) is 2.21. The Hall–Kier alpha value is -1.59. The Morgan fingerprint density at radius 3 is 2.88 bits per heavy atom. The quantitative estimate of drug-likeness (QED) is 0.630. The predicted octanol–water partition coefficient (Wildman–Crippen LogP) is 0.135. The highest BCUT2D eigenvalue weighted by atomic mass is 16.5. The number of carbonyl (C=O) groups is 1. The van der Waals surface area contributed by atoms with Crippen molar-refractivity contribution >= 4 is 5.91 Å². The Morgan fingerprint density at radius 2 is 2.24 bits per heavy atom. The summed E-state index contributed by atoms with van der Waals surface area (Å²) in [5.41, 5.74) is 5.53. The summed E-state index contributed by atoms with van der Waals surface area (Å²) in [6.07, 6.45) is -0.615. The van der Waals surface area contributed by atoms with Crippen LogP contribution in [0.3, 0.4) is 0 Å². The van der Waals surface area contributed by atoms with Crippen molar-refractivity contribution in [2.24, 2.45) is 5.73 Å². The molecule has 5 nitrogen and oxygen atoms in total. The highest BCUT2D eigenvalue weighted by Gasteiger charge is 2.10. The van der Waals surface area contributed by atoms with Gasteiger partial charge in [0.1, 0.15) is 18.5 Å². The van der Waals surface area contributed by atoms with Gasteiger partial charge in [0.15, 0.2) is 0 Å². The molecule has 0 aliphatic heterocycles. The van der Waals surface area contributed by atoms with E-state index in [0.717, 1.165) is 6.54 Å². The lowest BCUT2D eigenvalue weighted by Gasteiger charge is -2.14. The van der Waals surface area contributed by atoms with Crippen LogP contribution in [0.2, 0.25) is 0 Å². The zero-order valence-corrected chi connectivity index (χ0v) is 9.85. The zero-order chi connectivity index (χ0) is 12.7. The number of likely N-dealkylation sites (N-methyl/N-ethyl adjacent to an activating group) is 1. The first-order valence-corrected chi connectivity index (χ1v) is 5.55. The molecule has 17 heavy (non-hydrogen) atoms. The van der Waals surface area contributed by atoms with E-state index < -0.39 is 12.0 Å². The number of hydrogen-bond acceptors (Lipinski definition) is 4. The number of primary amides is 1. The Labute approximate surface area is 101 Å². The van der Waals surface area contributed by atoms with Crippen LogP contribution in [0.1, 0.15) is 17.3 Å². The number of nitrogens with one attached hydrogen (secondary N) is 1. The Bertz CT molecular complexity index is 369. The van der Waals surface area contributed by atoms with E-state index >= 15 is 0 Å². The maximum atomic E-state index is 11.1. The molecule has 0 aromatic heterocycles. The van der Waals surface area contributed by atoms with Crippen LogP contribution in [0.15, 0.2) is 24.3 Å². The predicted molar refractivity (Wildman–Crippen MR) is 65.0 cm³/mol. The van der Waals surface area contributed by atoms with E-state index in [0.29, 0.717) is 17.9 Å². The fourth-order valence-electron chi connectivity index (χ4n) is 1.35. The van der Waals surface area contributed by atoms with Crippen molar-refractivity contribution in [3.05, 3.63) is 29.8 Å². The number of benzene rings is 1. The van der Waals surface area contributed by atoms with E-state index in [-0.39, 0.29) is 6.61 Å². The molecular formula is C12H18N2O3. The van der Waals surface area contributed by atoms with Crippen molar-refractivity contribution in [2.75, 3.05) is 19.7 Å². The highest BCUT2D eigenvalue weighted by Crippen LogP contribution is 2.17. The van der Waals surface area contributed by atoms with Crippen LogP contribution < -0.4 is 15.8 Å². The molecule has 1 amide bonds. The van der Waals surface area contributed by atoms with E-state index in [2.05, 4.69) is 5.32 Å². The standard InChI is InChI=1S/C12H18N2O3/c1-2-14-7-9(15)8-17-11-6-4-3-5-10(11)12(13)16/h3-6,9,14-15H,2,7-8H2,1H3,(H2,13,16). The van der Waals surface area contributed by atoms with E-state index in [9.17, 15) is 9.90 Å². The SMILES string of the molecule is CCNCC(O)COc1ccccc1C(N)=O. The van der Waals surface area contributed by atoms with Gasteiger partial charge in [-0.15, -0.1) is 0 Å². The molecule has 0 fully saturated rings. The molecule has 0 spiro atoms. The van der Waals surface area contributed by atoms with Crippen LogP contribution in [0, 0.1) is 0 Å². The lowest BCUT2D eigenvalue weighted by atomic mass is 10.2. The van der Waals surface area contributed by atoms with Crippen LogP contribution in [-0.4, -0.2) is 36.8 Å². The molecule has 4 N–H and O–H groups in total. The molecule has 0 saturated carbocycles. The van der Waals surface area contributed by atoms with Crippen LogP contribution >= 0.6 is 0 Å². The third kappa shape index (κ3) is 4.42. The summed E-state index contributed by atoms with van der Waals surface area (Å²) in [5, 5.41) is 12.6. The van der Waals surface area contributed by atoms with Crippen molar-refractivity contribution in [3.8, 4) is 5.75 Å². The minimum atomic E-state index is -0.615. The number of aliphatic hydroxyl groups excluding tert-OH is 1. The van der Waals surface area contributed by atoms with Crippen molar-refractivity contribution in [2.45, 2.75) is 13.0 Å². The van der Waals surface area contributed by atoms with Gasteiger partial charge in [-0.2, -0.15) is 0 Å². The number of para-hydroxylation sites is 1. The molecule has 0 aliphatic rings. The summed E-state index contributed by atoms with van der Waals surface area (Å²) >= 11 is 0. The summed E-state index contributed by atoms with van der Waals surface area (Å²) in [5.74, 6) is -0.141. The Morgan fingerprint density at radius 1 is 1.53 bits per heavy atom. The van der Waals surface area contributed by atoms with Gasteiger partial charge in [-0.1, -0.05) is 19.1 Å². The van der Waals surface area contributed by atoms with Gasteiger partial charge in [-0.25, -0.2) is 0 Å². The summed E-state index contributed by atoms with van der Waals surface area (Å²) in [7, 11) is 0. The van der Waals surface area contributed by atoms with Crippen LogP contribution in [0.25, 0.3) is 0 Å². The van der Waals surface area contributed by atoms with Gasteiger partial charge >= 0.3 is 0 Å². The Balaban J connectivity index is 2.54. The lowest BCUT2D eigenvalue weighted by Crippen LogP contribution is -2.31. The summed E-state index contributed by atoms with van der Waals surface area (Å²) < 4.78 is 5.37. The van der Waals surface area contributed by atoms with Crippen LogP contribution in [0.4, 0.5) is 0 Å². The van der Waals surface area contributed by atoms with Gasteiger partial charge in [0, 0.05) is 6.54 Å². The molecule has 0 bridgehead atoms. The largest absolute Gasteiger partial charge is 0.490 e. The second-order valence-corrected chi connectivity index (χ2v) is 3.63. The highest BCUT2D eigenvalue weighted by molar-refractivity contribution is 5.95. The first kappa shape index (κ1) is 13.5. The van der Waals surface area contributed by atoms with Crippen molar-refractivity contribution in [3.63, 3.8) is 0 Å². The second-order valence-electron chi connectivity index (χ2n) is 3.63. The van der Waals surface area contributed by atoms with E-state index in [1.54, 1.807) is 24.3 Å². The van der Waals surface area contributed by atoms with Crippen molar-refractivity contribution in [1.29, 1.82) is 0 Å². The number of hydrogen-bond donors (Lipinski definition) is 3. The topological polar surface area (TPSA) is 84.6 Å². The van der Waals surface area contributed by atoms with E-state index in [1.807, 2.05) is 6.92 Å². The maximum absolute atomic E-state index is 11.1. The summed E-state index contributed by atoms with van der Waals surface area (Å²) in [4.78, 5) is 11.1. The smallest absolute Gasteiger partial charge is 0.252 e. The molecule has 0 radical (unpaired) electrons.